The van der Waals surface area contributed by atoms with Gasteiger partial charge in [-0.3, -0.25) is 9.69 Å². The van der Waals surface area contributed by atoms with Gasteiger partial charge >= 0.3 is 6.18 Å². The summed E-state index contributed by atoms with van der Waals surface area (Å²) in [5, 5.41) is 11.2. The summed E-state index contributed by atoms with van der Waals surface area (Å²) in [6.07, 6.45) is 0.288. The van der Waals surface area contributed by atoms with Crippen molar-refractivity contribution in [2.75, 3.05) is 26.7 Å². The van der Waals surface area contributed by atoms with Crippen LogP contribution in [-0.2, 0) is 22.8 Å². The first-order chi connectivity index (χ1) is 20.5. The number of hydrogen-bond acceptors (Lipinski definition) is 5. The summed E-state index contributed by atoms with van der Waals surface area (Å²) in [5.41, 5.74) is 1.12. The number of piperidine rings is 1. The van der Waals surface area contributed by atoms with E-state index < -0.39 is 17.2 Å². The predicted molar refractivity (Wildman–Crippen MR) is 156 cm³/mol. The summed E-state index contributed by atoms with van der Waals surface area (Å²) in [4.78, 5) is 18.1. The largest absolute Gasteiger partial charge is 0.508 e. The maximum atomic E-state index is 13.8. The maximum absolute atomic E-state index is 13.8. The molecule has 2 heterocycles. The number of rotatable bonds is 6. The Morgan fingerprint density at radius 2 is 2.05 bits per heavy atom. The van der Waals surface area contributed by atoms with E-state index in [9.17, 15) is 23.1 Å². The van der Waals surface area contributed by atoms with Gasteiger partial charge in [0.1, 0.15) is 11.9 Å². The van der Waals surface area contributed by atoms with Gasteiger partial charge in [-0.15, -0.1) is 6.58 Å². The molecule has 2 aromatic rings. The van der Waals surface area contributed by atoms with Crippen LogP contribution in [0.25, 0.3) is 0 Å². The lowest BCUT2D eigenvalue weighted by Crippen LogP contribution is -2.69. The summed E-state index contributed by atoms with van der Waals surface area (Å²) in [5.74, 6) is 6.94. The number of benzene rings is 2. The monoisotopic (exact) mass is 594 g/mol. The summed E-state index contributed by atoms with van der Waals surface area (Å²) >= 11 is 0. The van der Waals surface area contributed by atoms with Crippen molar-refractivity contribution in [2.45, 2.75) is 69.3 Å². The van der Waals surface area contributed by atoms with E-state index in [1.807, 2.05) is 24.8 Å². The zero-order valence-electron chi connectivity index (χ0n) is 24.7. The Bertz CT molecular complexity index is 1490. The number of phenolic OH excluding ortho intramolecular Hbond substituents is 1. The second-order valence-corrected chi connectivity index (χ2v) is 12.6. The molecule has 1 saturated carbocycles. The molecule has 1 spiro atoms. The molecule has 2 aliphatic heterocycles. The van der Waals surface area contributed by atoms with Crippen LogP contribution in [0, 0.1) is 23.7 Å². The Morgan fingerprint density at radius 1 is 1.30 bits per heavy atom. The molecule has 0 unspecified atom stereocenters. The van der Waals surface area contributed by atoms with Crippen LogP contribution in [0.3, 0.4) is 0 Å². The Morgan fingerprint density at radius 3 is 2.70 bits per heavy atom. The highest BCUT2D eigenvalue weighted by molar-refractivity contribution is 5.94. The molecule has 2 fully saturated rings. The molecule has 2 bridgehead atoms. The van der Waals surface area contributed by atoms with Crippen molar-refractivity contribution in [2.24, 2.45) is 11.8 Å². The predicted octanol–water partition coefficient (Wildman–Crippen LogP) is 5.55. The molecule has 0 radical (unpaired) electrons. The fraction of sp³-hybridized carbons (Fsp3) is 0.500. The number of nitrogens with zero attached hydrogens (tertiary/aromatic N) is 2. The molecule has 2 aromatic carbocycles. The van der Waals surface area contributed by atoms with Gasteiger partial charge in [0.25, 0.3) is 5.91 Å². The van der Waals surface area contributed by atoms with Crippen LogP contribution >= 0.6 is 0 Å². The Kier molecular flexibility index (Phi) is 7.40. The maximum Gasteiger partial charge on any atom is 0.416 e. The number of alkyl halides is 3. The highest BCUT2D eigenvalue weighted by atomic mass is 19.4. The smallest absolute Gasteiger partial charge is 0.416 e. The van der Waals surface area contributed by atoms with Gasteiger partial charge in [0.05, 0.1) is 18.7 Å². The second-order valence-electron chi connectivity index (χ2n) is 12.6. The van der Waals surface area contributed by atoms with Gasteiger partial charge in [0.15, 0.2) is 11.5 Å². The first kappa shape index (κ1) is 29.4. The lowest BCUT2D eigenvalue weighted by Gasteiger charge is -2.60. The second kappa shape index (κ2) is 10.8. The van der Waals surface area contributed by atoms with Crippen LogP contribution in [0.2, 0.25) is 0 Å². The summed E-state index contributed by atoms with van der Waals surface area (Å²) < 4.78 is 51.6. The third-order valence-electron chi connectivity index (χ3n) is 9.82. The molecule has 0 aromatic heterocycles. The van der Waals surface area contributed by atoms with Crippen LogP contribution in [0.1, 0.15) is 55.4 Å². The first-order valence-electron chi connectivity index (χ1n) is 14.9. The van der Waals surface area contributed by atoms with E-state index >= 15 is 0 Å². The standard InChI is InChI=1S/C34H37F3N2O4/c1-5-15-38-16-14-33-24-11-12-25(32(33)43-31-28(42-4)18-27(40)23(30(31)33)17-26(24)38)39(19-20(2)3)29(41)13-8-21-6-9-22(10-7-21)34(35,36)37/h5-7,9-10,18,20,24-26,32,40H,1,11-12,14-17,19H2,2-4H3/t24-,25+,26+,32-,33-/m0/s1. The molecular weight excluding hydrogens is 557 g/mol. The Hall–Kier alpha value is -3.64. The van der Waals surface area contributed by atoms with Gasteiger partial charge in [-0.1, -0.05) is 25.8 Å². The third kappa shape index (κ3) is 4.75. The average molecular weight is 595 g/mol. The normalized spacial score (nSPS) is 27.0. The summed E-state index contributed by atoms with van der Waals surface area (Å²) in [6.45, 7) is 10.1. The van der Waals surface area contributed by atoms with Gasteiger partial charge < -0.3 is 19.5 Å². The molecule has 1 amide bonds. The number of amides is 1. The number of aromatic hydroxyl groups is 1. The van der Waals surface area contributed by atoms with Crippen LogP contribution < -0.4 is 9.47 Å². The van der Waals surface area contributed by atoms with E-state index in [0.717, 1.165) is 55.6 Å². The Balaban J connectivity index is 1.39. The minimum absolute atomic E-state index is 0.151. The van der Waals surface area contributed by atoms with Crippen molar-refractivity contribution in [1.82, 2.24) is 9.80 Å². The number of phenols is 1. The van der Waals surface area contributed by atoms with Gasteiger partial charge in [-0.25, -0.2) is 0 Å². The molecular formula is C34H37F3N2O4. The van der Waals surface area contributed by atoms with Gasteiger partial charge in [-0.05, 0) is 68.3 Å². The number of halogens is 3. The molecule has 9 heteroatoms. The van der Waals surface area contributed by atoms with Crippen molar-refractivity contribution in [1.29, 1.82) is 0 Å². The fourth-order valence-electron chi connectivity index (χ4n) is 8.22. The van der Waals surface area contributed by atoms with Gasteiger partial charge in [0.2, 0.25) is 0 Å². The van der Waals surface area contributed by atoms with Crippen LogP contribution in [0.15, 0.2) is 43.0 Å². The number of carbonyl (C=O) groups excluding carboxylic acids is 1. The van der Waals surface area contributed by atoms with Crippen molar-refractivity contribution in [3.63, 3.8) is 0 Å². The lowest BCUT2D eigenvalue weighted by molar-refractivity contribution is -0.138. The number of likely N-dealkylation sites (tertiary alicyclic amines) is 1. The van der Waals surface area contributed by atoms with Crippen molar-refractivity contribution < 1.29 is 32.5 Å². The number of ether oxygens (including phenoxy) is 2. The van der Waals surface area contributed by atoms with E-state index in [2.05, 4.69) is 23.3 Å². The minimum Gasteiger partial charge on any atom is -0.508 e. The molecule has 5 atom stereocenters. The molecule has 43 heavy (non-hydrogen) atoms. The van der Waals surface area contributed by atoms with Crippen molar-refractivity contribution in [3.8, 4) is 29.1 Å². The zero-order chi connectivity index (χ0) is 30.7. The zero-order valence-corrected chi connectivity index (χ0v) is 24.7. The molecule has 1 saturated heterocycles. The van der Waals surface area contributed by atoms with E-state index in [-0.39, 0.29) is 41.7 Å². The molecule has 1 N–H and O–H groups in total. The highest BCUT2D eigenvalue weighted by Gasteiger charge is 2.67. The Labute approximate surface area is 250 Å². The third-order valence-corrected chi connectivity index (χ3v) is 9.82. The van der Waals surface area contributed by atoms with Crippen molar-refractivity contribution >= 4 is 5.91 Å². The number of hydrogen-bond donors (Lipinski definition) is 1. The lowest BCUT2D eigenvalue weighted by atomic mass is 9.50. The van der Waals surface area contributed by atoms with Crippen LogP contribution in [0.5, 0.6) is 17.2 Å². The number of carbonyl (C=O) groups is 1. The topological polar surface area (TPSA) is 62.2 Å². The summed E-state index contributed by atoms with van der Waals surface area (Å²) in [7, 11) is 1.57. The summed E-state index contributed by atoms with van der Waals surface area (Å²) in [6, 6.07) is 6.10. The molecule has 4 aliphatic rings. The van der Waals surface area contributed by atoms with Gasteiger partial charge in [-0.2, -0.15) is 13.2 Å². The number of methoxy groups -OCH3 is 1. The van der Waals surface area contributed by atoms with Crippen LogP contribution in [0.4, 0.5) is 13.2 Å². The quantitative estimate of drug-likeness (QED) is 0.351. The molecule has 6 rings (SSSR count). The highest BCUT2D eigenvalue weighted by Crippen LogP contribution is 2.65. The van der Waals surface area contributed by atoms with E-state index in [4.69, 9.17) is 9.47 Å². The first-order valence-corrected chi connectivity index (χ1v) is 14.9. The molecule has 6 nitrogen and oxygen atoms in total. The molecule has 2 aliphatic carbocycles. The fourth-order valence-corrected chi connectivity index (χ4v) is 8.22. The van der Waals surface area contributed by atoms with E-state index in [1.54, 1.807) is 13.2 Å². The SMILES string of the molecule is C=CCN1CC[C@]23c4c5c(O)cc(OC)c4O[C@H]2[C@H](N(CC(C)C)C(=O)C#Cc2ccc(C(F)(F)F)cc2)CC[C@H]3[C@H]1C5. The van der Waals surface area contributed by atoms with Crippen LogP contribution in [-0.4, -0.2) is 65.7 Å². The van der Waals surface area contributed by atoms with E-state index in [1.165, 1.54) is 12.1 Å². The molecule has 228 valence electrons. The minimum atomic E-state index is -4.44. The van der Waals surface area contributed by atoms with Gasteiger partial charge in [0, 0.05) is 53.2 Å². The average Bonchev–Trinajstić information content (AvgIpc) is 3.31. The van der Waals surface area contributed by atoms with E-state index in [0.29, 0.717) is 30.0 Å². The van der Waals surface area contributed by atoms with Crippen molar-refractivity contribution in [3.05, 3.63) is 65.2 Å².